The number of benzene rings is 2. The zero-order valence-electron chi connectivity index (χ0n) is 17.6. The third-order valence-electron chi connectivity index (χ3n) is 5.27. The highest BCUT2D eigenvalue weighted by molar-refractivity contribution is 6.30. The molecule has 0 saturated heterocycles. The van der Waals surface area contributed by atoms with Gasteiger partial charge in [0.2, 0.25) is 5.91 Å². The fourth-order valence-electron chi connectivity index (χ4n) is 3.53. The zero-order valence-corrected chi connectivity index (χ0v) is 18.4. The van der Waals surface area contributed by atoms with E-state index in [1.165, 1.54) is 4.40 Å². The number of nitrogens with zero attached hydrogens (tertiary/aromatic N) is 5. The van der Waals surface area contributed by atoms with Gasteiger partial charge in [0.05, 0.1) is 12.8 Å². The van der Waals surface area contributed by atoms with Crippen molar-refractivity contribution in [1.29, 1.82) is 0 Å². The summed E-state index contributed by atoms with van der Waals surface area (Å²) in [4.78, 5) is 25.2. The van der Waals surface area contributed by atoms with Crippen LogP contribution < -0.4 is 15.7 Å². The number of ether oxygens (including phenoxy) is 1. The standard InChI is InChI=1S/C23H19ClN6O3/c1-33-18-8-4-16(5-9-18)19-12-20-22-27-30(23(32)28(22)10-11-29(20)26-19)14-21(31)25-13-15-2-6-17(24)7-3-15/h2-12H,13-14H2,1H3,(H,25,31). The van der Waals surface area contributed by atoms with Gasteiger partial charge in [-0.25, -0.2) is 18.4 Å². The number of amides is 1. The summed E-state index contributed by atoms with van der Waals surface area (Å²) in [6.07, 6.45) is 3.27. The fraction of sp³-hybridized carbons (Fsp3) is 0.130. The van der Waals surface area contributed by atoms with E-state index >= 15 is 0 Å². The van der Waals surface area contributed by atoms with Crippen molar-refractivity contribution >= 4 is 28.7 Å². The highest BCUT2D eigenvalue weighted by Crippen LogP contribution is 2.23. The van der Waals surface area contributed by atoms with Gasteiger partial charge >= 0.3 is 5.69 Å². The number of rotatable bonds is 6. The molecule has 0 atom stereocenters. The first kappa shape index (κ1) is 20.8. The minimum atomic E-state index is -0.402. The number of carbonyl (C=O) groups excluding carboxylic acids is 1. The number of halogens is 1. The second kappa shape index (κ2) is 8.44. The van der Waals surface area contributed by atoms with Crippen LogP contribution in [0.3, 0.4) is 0 Å². The summed E-state index contributed by atoms with van der Waals surface area (Å²) in [6, 6.07) is 16.6. The second-order valence-electron chi connectivity index (χ2n) is 7.42. The fourth-order valence-corrected chi connectivity index (χ4v) is 3.66. The van der Waals surface area contributed by atoms with Crippen LogP contribution in [0.5, 0.6) is 5.75 Å². The molecule has 0 spiro atoms. The molecule has 3 heterocycles. The minimum absolute atomic E-state index is 0.195. The number of fused-ring (bicyclic) bond motifs is 3. The van der Waals surface area contributed by atoms with Gasteiger partial charge in [-0.1, -0.05) is 23.7 Å². The molecule has 1 N–H and O–H groups in total. The van der Waals surface area contributed by atoms with Crippen molar-refractivity contribution in [2.24, 2.45) is 0 Å². The maximum Gasteiger partial charge on any atom is 0.350 e. The topological polar surface area (TPSA) is 94.9 Å². The maximum absolute atomic E-state index is 12.8. The molecule has 0 bridgehead atoms. The lowest BCUT2D eigenvalue weighted by Crippen LogP contribution is -2.32. The number of nitrogens with one attached hydrogen (secondary N) is 1. The van der Waals surface area contributed by atoms with Gasteiger partial charge in [0.25, 0.3) is 0 Å². The molecular weight excluding hydrogens is 444 g/mol. The lowest BCUT2D eigenvalue weighted by molar-refractivity contribution is -0.122. The largest absolute Gasteiger partial charge is 0.497 e. The van der Waals surface area contributed by atoms with Crippen molar-refractivity contribution in [3.63, 3.8) is 0 Å². The molecule has 0 saturated carbocycles. The molecule has 0 aliphatic rings. The number of hydrogen-bond donors (Lipinski definition) is 1. The number of methoxy groups -OCH3 is 1. The first-order valence-electron chi connectivity index (χ1n) is 10.1. The highest BCUT2D eigenvalue weighted by Gasteiger charge is 2.15. The van der Waals surface area contributed by atoms with E-state index in [1.54, 1.807) is 36.2 Å². The van der Waals surface area contributed by atoms with Gasteiger partial charge < -0.3 is 10.1 Å². The van der Waals surface area contributed by atoms with Gasteiger partial charge in [0.15, 0.2) is 5.65 Å². The quantitative estimate of drug-likeness (QED) is 0.418. The third-order valence-corrected chi connectivity index (χ3v) is 5.53. The van der Waals surface area contributed by atoms with Crippen molar-refractivity contribution < 1.29 is 9.53 Å². The lowest BCUT2D eigenvalue weighted by Gasteiger charge is -2.05. The molecule has 10 heteroatoms. The van der Waals surface area contributed by atoms with Crippen LogP contribution in [0.2, 0.25) is 5.02 Å². The molecule has 0 fully saturated rings. The molecule has 0 aliphatic carbocycles. The average Bonchev–Trinajstić information content (AvgIpc) is 3.40. The molecule has 3 aromatic heterocycles. The SMILES string of the molecule is COc1ccc(-c2cc3c4nn(CC(=O)NCc5ccc(Cl)cc5)c(=O)n4ccn3n2)cc1. The lowest BCUT2D eigenvalue weighted by atomic mass is 10.1. The van der Waals surface area contributed by atoms with E-state index in [0.29, 0.717) is 22.7 Å². The Balaban J connectivity index is 1.40. The van der Waals surface area contributed by atoms with Crippen LogP contribution in [0.25, 0.3) is 22.4 Å². The van der Waals surface area contributed by atoms with E-state index in [1.807, 2.05) is 42.5 Å². The van der Waals surface area contributed by atoms with E-state index in [2.05, 4.69) is 15.5 Å². The van der Waals surface area contributed by atoms with Crippen LogP contribution in [-0.2, 0) is 17.9 Å². The predicted octanol–water partition coefficient (Wildman–Crippen LogP) is 2.79. The highest BCUT2D eigenvalue weighted by atomic mass is 35.5. The molecule has 5 rings (SSSR count). The number of carbonyl (C=O) groups is 1. The zero-order chi connectivity index (χ0) is 22.9. The second-order valence-corrected chi connectivity index (χ2v) is 7.86. The Hall–Kier alpha value is -4.11. The van der Waals surface area contributed by atoms with Gasteiger partial charge in [-0.05, 0) is 48.0 Å². The Labute approximate surface area is 192 Å². The molecule has 0 radical (unpaired) electrons. The van der Waals surface area contributed by atoms with Gasteiger partial charge in [0, 0.05) is 29.5 Å². The van der Waals surface area contributed by atoms with Crippen LogP contribution in [0.1, 0.15) is 5.56 Å². The molecular formula is C23H19ClN6O3. The Morgan fingerprint density at radius 1 is 1.06 bits per heavy atom. The summed E-state index contributed by atoms with van der Waals surface area (Å²) in [5, 5.41) is 12.4. The Bertz CT molecular complexity index is 1520. The molecule has 33 heavy (non-hydrogen) atoms. The van der Waals surface area contributed by atoms with Crippen molar-refractivity contribution in [3.8, 4) is 17.0 Å². The molecule has 2 aromatic carbocycles. The summed E-state index contributed by atoms with van der Waals surface area (Å²) in [5.74, 6) is 0.434. The van der Waals surface area contributed by atoms with Gasteiger partial charge in [0.1, 0.15) is 17.8 Å². The first-order chi connectivity index (χ1) is 16.0. The van der Waals surface area contributed by atoms with Crippen molar-refractivity contribution in [2.45, 2.75) is 13.1 Å². The van der Waals surface area contributed by atoms with Crippen molar-refractivity contribution in [3.05, 3.63) is 88.1 Å². The molecule has 0 unspecified atom stereocenters. The Morgan fingerprint density at radius 3 is 2.55 bits per heavy atom. The third kappa shape index (κ3) is 4.06. The summed E-state index contributed by atoms with van der Waals surface area (Å²) in [7, 11) is 1.61. The van der Waals surface area contributed by atoms with Crippen molar-refractivity contribution in [2.75, 3.05) is 7.11 Å². The minimum Gasteiger partial charge on any atom is -0.497 e. The average molecular weight is 463 g/mol. The van der Waals surface area contributed by atoms with E-state index < -0.39 is 5.69 Å². The molecule has 5 aromatic rings. The Morgan fingerprint density at radius 2 is 1.82 bits per heavy atom. The van der Waals surface area contributed by atoms with Crippen LogP contribution >= 0.6 is 11.6 Å². The van der Waals surface area contributed by atoms with Crippen LogP contribution in [0, 0.1) is 0 Å². The summed E-state index contributed by atoms with van der Waals surface area (Å²) >= 11 is 5.88. The van der Waals surface area contributed by atoms with Gasteiger partial charge in [-0.3, -0.25) is 4.79 Å². The molecule has 166 valence electrons. The van der Waals surface area contributed by atoms with Crippen LogP contribution in [0.15, 0.2) is 71.8 Å². The Kier molecular flexibility index (Phi) is 5.31. The molecule has 0 aliphatic heterocycles. The summed E-state index contributed by atoms with van der Waals surface area (Å²) in [5.41, 5.74) is 3.21. The monoisotopic (exact) mass is 462 g/mol. The van der Waals surface area contributed by atoms with E-state index in [0.717, 1.165) is 27.3 Å². The van der Waals surface area contributed by atoms with E-state index in [9.17, 15) is 9.59 Å². The number of aromatic nitrogens is 5. The molecule has 9 nitrogen and oxygen atoms in total. The maximum atomic E-state index is 12.8. The van der Waals surface area contributed by atoms with E-state index in [-0.39, 0.29) is 12.5 Å². The van der Waals surface area contributed by atoms with Crippen molar-refractivity contribution in [1.82, 2.24) is 29.1 Å². The summed E-state index contributed by atoms with van der Waals surface area (Å²) in [6.45, 7) is 0.135. The predicted molar refractivity (Wildman–Crippen MR) is 123 cm³/mol. The van der Waals surface area contributed by atoms with Gasteiger partial charge in [-0.15, -0.1) is 5.10 Å². The molecule has 1 amide bonds. The van der Waals surface area contributed by atoms with E-state index in [4.69, 9.17) is 16.3 Å². The summed E-state index contributed by atoms with van der Waals surface area (Å²) < 4.78 is 9.41. The smallest absolute Gasteiger partial charge is 0.350 e. The van der Waals surface area contributed by atoms with Crippen LogP contribution in [-0.4, -0.2) is 36.8 Å². The first-order valence-corrected chi connectivity index (χ1v) is 10.5. The van der Waals surface area contributed by atoms with Gasteiger partial charge in [-0.2, -0.15) is 5.10 Å². The number of hydrogen-bond acceptors (Lipinski definition) is 5. The van der Waals surface area contributed by atoms with Crippen LogP contribution in [0.4, 0.5) is 0 Å². The normalized spacial score (nSPS) is 11.2.